The van der Waals surface area contributed by atoms with E-state index in [1.165, 1.54) is 5.56 Å². The van der Waals surface area contributed by atoms with Crippen LogP contribution < -0.4 is 9.47 Å². The molecule has 0 radical (unpaired) electrons. The molecule has 1 aromatic carbocycles. The van der Waals surface area contributed by atoms with Gasteiger partial charge in [0.2, 0.25) is 0 Å². The van der Waals surface area contributed by atoms with Crippen LogP contribution in [0, 0.1) is 0 Å². The predicted octanol–water partition coefficient (Wildman–Crippen LogP) is 4.87. The van der Waals surface area contributed by atoms with Gasteiger partial charge in [0.05, 0.1) is 12.7 Å². The summed E-state index contributed by atoms with van der Waals surface area (Å²) in [5, 5.41) is 0.584. The number of ether oxygens (including phenoxy) is 2. The predicted molar refractivity (Wildman–Crippen MR) is 77.0 cm³/mol. The first-order valence-corrected chi connectivity index (χ1v) is 7.15. The SMILES string of the molecule is CCOc1cc(CC)cc(OC(CC)CC)c1Cl. The van der Waals surface area contributed by atoms with Crippen LogP contribution in [0.25, 0.3) is 0 Å². The average molecular weight is 271 g/mol. The second kappa shape index (κ2) is 7.52. The standard InChI is InChI=1S/C15H23ClO2/c1-5-11-9-13(17-8-4)15(16)14(10-11)18-12(6-2)7-3/h9-10,12H,5-8H2,1-4H3. The number of benzene rings is 1. The maximum atomic E-state index is 6.32. The second-order valence-corrected chi connectivity index (χ2v) is 4.63. The molecule has 0 amide bonds. The van der Waals surface area contributed by atoms with Gasteiger partial charge in [-0.1, -0.05) is 32.4 Å². The van der Waals surface area contributed by atoms with E-state index in [1.807, 2.05) is 19.1 Å². The van der Waals surface area contributed by atoms with Gasteiger partial charge in [-0.25, -0.2) is 0 Å². The maximum Gasteiger partial charge on any atom is 0.142 e. The normalized spacial score (nSPS) is 10.8. The molecule has 2 nitrogen and oxygen atoms in total. The molecule has 0 N–H and O–H groups in total. The molecule has 0 saturated carbocycles. The van der Waals surface area contributed by atoms with Gasteiger partial charge in [-0.05, 0) is 43.9 Å². The first-order chi connectivity index (χ1) is 8.65. The first-order valence-electron chi connectivity index (χ1n) is 6.77. The lowest BCUT2D eigenvalue weighted by molar-refractivity contribution is 0.192. The average Bonchev–Trinajstić information content (AvgIpc) is 2.39. The highest BCUT2D eigenvalue weighted by atomic mass is 35.5. The summed E-state index contributed by atoms with van der Waals surface area (Å²) in [7, 11) is 0. The highest BCUT2D eigenvalue weighted by Crippen LogP contribution is 2.36. The molecule has 0 bridgehead atoms. The lowest BCUT2D eigenvalue weighted by Gasteiger charge is -2.19. The van der Waals surface area contributed by atoms with E-state index in [0.717, 1.165) is 30.8 Å². The topological polar surface area (TPSA) is 18.5 Å². The van der Waals surface area contributed by atoms with Crippen LogP contribution in [0.3, 0.4) is 0 Å². The van der Waals surface area contributed by atoms with Gasteiger partial charge < -0.3 is 9.47 Å². The van der Waals surface area contributed by atoms with E-state index < -0.39 is 0 Å². The summed E-state index contributed by atoms with van der Waals surface area (Å²) in [6.45, 7) is 8.91. The molecule has 0 aliphatic heterocycles. The summed E-state index contributed by atoms with van der Waals surface area (Å²) >= 11 is 6.32. The van der Waals surface area contributed by atoms with Crippen LogP contribution in [-0.2, 0) is 6.42 Å². The van der Waals surface area contributed by atoms with E-state index in [0.29, 0.717) is 11.6 Å². The van der Waals surface area contributed by atoms with Crippen LogP contribution in [0.5, 0.6) is 11.5 Å². The molecule has 0 heterocycles. The van der Waals surface area contributed by atoms with Gasteiger partial charge in [0.15, 0.2) is 0 Å². The van der Waals surface area contributed by atoms with Crippen molar-refractivity contribution in [2.24, 2.45) is 0 Å². The van der Waals surface area contributed by atoms with Crippen LogP contribution in [0.1, 0.15) is 46.1 Å². The van der Waals surface area contributed by atoms with E-state index in [9.17, 15) is 0 Å². The molecule has 102 valence electrons. The van der Waals surface area contributed by atoms with E-state index in [4.69, 9.17) is 21.1 Å². The zero-order valence-electron chi connectivity index (χ0n) is 11.8. The van der Waals surface area contributed by atoms with Crippen molar-refractivity contribution in [3.05, 3.63) is 22.7 Å². The van der Waals surface area contributed by atoms with Crippen molar-refractivity contribution in [2.75, 3.05) is 6.61 Å². The summed E-state index contributed by atoms with van der Waals surface area (Å²) in [5.74, 6) is 1.47. The summed E-state index contributed by atoms with van der Waals surface area (Å²) in [6, 6.07) is 4.01. The van der Waals surface area contributed by atoms with Crippen LogP contribution in [0.2, 0.25) is 5.02 Å². The molecule has 0 aliphatic rings. The minimum absolute atomic E-state index is 0.212. The second-order valence-electron chi connectivity index (χ2n) is 4.25. The Morgan fingerprint density at radius 2 is 1.67 bits per heavy atom. The van der Waals surface area contributed by atoms with Gasteiger partial charge in [-0.3, -0.25) is 0 Å². The van der Waals surface area contributed by atoms with Crippen molar-refractivity contribution in [3.63, 3.8) is 0 Å². The van der Waals surface area contributed by atoms with E-state index in [-0.39, 0.29) is 6.10 Å². The number of aryl methyl sites for hydroxylation is 1. The van der Waals surface area contributed by atoms with Crippen molar-refractivity contribution < 1.29 is 9.47 Å². The molecule has 1 rings (SSSR count). The summed E-state index contributed by atoms with van der Waals surface area (Å²) in [6.07, 6.45) is 3.11. The number of rotatable bonds is 7. The quantitative estimate of drug-likeness (QED) is 0.704. The minimum Gasteiger partial charge on any atom is -0.492 e. The Labute approximate surface area is 115 Å². The zero-order valence-corrected chi connectivity index (χ0v) is 12.5. The van der Waals surface area contributed by atoms with Crippen LogP contribution in [-0.4, -0.2) is 12.7 Å². The summed E-state index contributed by atoms with van der Waals surface area (Å²) in [5.41, 5.74) is 1.18. The third-order valence-electron chi connectivity index (χ3n) is 2.98. The number of hydrogen-bond donors (Lipinski definition) is 0. The van der Waals surface area contributed by atoms with Crippen LogP contribution in [0.15, 0.2) is 12.1 Å². The molecule has 3 heteroatoms. The van der Waals surface area contributed by atoms with Crippen molar-refractivity contribution in [3.8, 4) is 11.5 Å². The van der Waals surface area contributed by atoms with Gasteiger partial charge >= 0.3 is 0 Å². The molecule has 0 atom stereocenters. The fourth-order valence-corrected chi connectivity index (χ4v) is 2.02. The molecule has 18 heavy (non-hydrogen) atoms. The molecule has 0 unspecified atom stereocenters. The molecular formula is C15H23ClO2. The molecule has 1 aromatic rings. The van der Waals surface area contributed by atoms with E-state index >= 15 is 0 Å². The highest BCUT2D eigenvalue weighted by Gasteiger charge is 2.14. The van der Waals surface area contributed by atoms with Gasteiger partial charge in [0, 0.05) is 0 Å². The molecule has 0 saturated heterocycles. The van der Waals surface area contributed by atoms with Gasteiger partial charge in [0.25, 0.3) is 0 Å². The Balaban J connectivity index is 3.04. The van der Waals surface area contributed by atoms with Crippen molar-refractivity contribution in [1.82, 2.24) is 0 Å². The Morgan fingerprint density at radius 3 is 2.17 bits per heavy atom. The smallest absolute Gasteiger partial charge is 0.142 e. The zero-order chi connectivity index (χ0) is 13.5. The summed E-state index contributed by atoms with van der Waals surface area (Å²) in [4.78, 5) is 0. The van der Waals surface area contributed by atoms with Crippen molar-refractivity contribution in [1.29, 1.82) is 0 Å². The number of hydrogen-bond acceptors (Lipinski definition) is 2. The Bertz CT molecular complexity index is 373. The largest absolute Gasteiger partial charge is 0.492 e. The lowest BCUT2D eigenvalue weighted by atomic mass is 10.1. The Hall–Kier alpha value is -0.890. The van der Waals surface area contributed by atoms with Crippen molar-refractivity contribution in [2.45, 2.75) is 53.1 Å². The van der Waals surface area contributed by atoms with Gasteiger partial charge in [0.1, 0.15) is 16.5 Å². The van der Waals surface area contributed by atoms with Crippen molar-refractivity contribution >= 4 is 11.6 Å². The Kier molecular flexibility index (Phi) is 6.34. The lowest BCUT2D eigenvalue weighted by Crippen LogP contribution is -2.14. The van der Waals surface area contributed by atoms with E-state index in [2.05, 4.69) is 20.8 Å². The fourth-order valence-electron chi connectivity index (χ4n) is 1.81. The minimum atomic E-state index is 0.212. The number of halogens is 1. The molecule has 0 fully saturated rings. The molecular weight excluding hydrogens is 248 g/mol. The van der Waals surface area contributed by atoms with Crippen LogP contribution in [0.4, 0.5) is 0 Å². The first kappa shape index (κ1) is 15.2. The Morgan fingerprint density at radius 1 is 1.06 bits per heavy atom. The van der Waals surface area contributed by atoms with E-state index in [1.54, 1.807) is 0 Å². The molecule has 0 aliphatic carbocycles. The van der Waals surface area contributed by atoms with Crippen LogP contribution >= 0.6 is 11.6 Å². The third-order valence-corrected chi connectivity index (χ3v) is 3.35. The molecule has 0 spiro atoms. The maximum absolute atomic E-state index is 6.32. The van der Waals surface area contributed by atoms with Gasteiger partial charge in [-0.15, -0.1) is 0 Å². The fraction of sp³-hybridized carbons (Fsp3) is 0.600. The van der Waals surface area contributed by atoms with Gasteiger partial charge in [-0.2, -0.15) is 0 Å². The highest BCUT2D eigenvalue weighted by molar-refractivity contribution is 6.33. The summed E-state index contributed by atoms with van der Waals surface area (Å²) < 4.78 is 11.5. The monoisotopic (exact) mass is 270 g/mol. The third kappa shape index (κ3) is 3.81. The molecule has 0 aromatic heterocycles.